The van der Waals surface area contributed by atoms with Crippen molar-refractivity contribution in [3.63, 3.8) is 0 Å². The van der Waals surface area contributed by atoms with Crippen LogP contribution in [0.2, 0.25) is 0 Å². The van der Waals surface area contributed by atoms with Crippen LogP contribution in [0.3, 0.4) is 0 Å². The molecule has 0 heterocycles. The number of hydrogen-bond donors (Lipinski definition) is 0. The Morgan fingerprint density at radius 1 is 1.04 bits per heavy atom. The number of hydrogen-bond acceptors (Lipinski definition) is 3. The summed E-state index contributed by atoms with van der Waals surface area (Å²) >= 11 is 0. The van der Waals surface area contributed by atoms with Crippen molar-refractivity contribution in [3.8, 4) is 0 Å². The third-order valence-corrected chi connectivity index (χ3v) is 5.75. The van der Waals surface area contributed by atoms with Gasteiger partial charge in [0.25, 0.3) is 0 Å². The minimum atomic E-state index is -3.28. The summed E-state index contributed by atoms with van der Waals surface area (Å²) < 4.78 is 38.9. The number of sulfonamides is 1. The van der Waals surface area contributed by atoms with Gasteiger partial charge in [0.1, 0.15) is 5.82 Å². The molecule has 0 amide bonds. The van der Waals surface area contributed by atoms with Crippen LogP contribution in [0.25, 0.3) is 0 Å². The van der Waals surface area contributed by atoms with Gasteiger partial charge in [0.05, 0.1) is 6.26 Å². The van der Waals surface area contributed by atoms with Crippen LogP contribution in [0.15, 0.2) is 24.3 Å². The van der Waals surface area contributed by atoms with Crippen LogP contribution in [0.1, 0.15) is 53.1 Å². The SMILES string of the molecule is CC(C)N(CCN(C(C)(C)C)S(C)(=O)=O)[C@H](C)c1ccc(F)cc1. The van der Waals surface area contributed by atoms with E-state index >= 15 is 0 Å². The van der Waals surface area contributed by atoms with E-state index in [0.717, 1.165) is 5.56 Å². The number of halogens is 1. The molecule has 24 heavy (non-hydrogen) atoms. The molecule has 1 atom stereocenters. The molecule has 0 aliphatic carbocycles. The van der Waals surface area contributed by atoms with Crippen molar-refractivity contribution >= 4 is 10.0 Å². The largest absolute Gasteiger partial charge is 0.293 e. The average Bonchev–Trinajstić information content (AvgIpc) is 2.40. The fourth-order valence-electron chi connectivity index (χ4n) is 3.04. The van der Waals surface area contributed by atoms with Crippen LogP contribution in [-0.4, -0.2) is 48.5 Å². The van der Waals surface area contributed by atoms with Crippen molar-refractivity contribution in [2.45, 2.75) is 59.2 Å². The zero-order valence-corrected chi connectivity index (χ0v) is 16.7. The van der Waals surface area contributed by atoms with Gasteiger partial charge in [-0.3, -0.25) is 4.90 Å². The maximum absolute atomic E-state index is 13.1. The summed E-state index contributed by atoms with van der Waals surface area (Å²) in [6, 6.07) is 6.81. The molecule has 1 aromatic carbocycles. The normalized spacial score (nSPS) is 14.6. The van der Waals surface area contributed by atoms with E-state index in [1.165, 1.54) is 22.7 Å². The van der Waals surface area contributed by atoms with Gasteiger partial charge in [-0.05, 0) is 59.2 Å². The second-order valence-electron chi connectivity index (χ2n) is 7.57. The Morgan fingerprint density at radius 2 is 1.54 bits per heavy atom. The molecule has 0 saturated heterocycles. The van der Waals surface area contributed by atoms with Crippen molar-refractivity contribution in [2.75, 3.05) is 19.3 Å². The molecule has 6 heteroatoms. The molecule has 0 aliphatic rings. The summed E-state index contributed by atoms with van der Waals surface area (Å²) in [4.78, 5) is 2.23. The third kappa shape index (κ3) is 5.83. The van der Waals surface area contributed by atoms with Gasteiger partial charge in [-0.2, -0.15) is 4.31 Å². The molecular formula is C18H31FN2O2S. The van der Waals surface area contributed by atoms with Crippen molar-refractivity contribution in [2.24, 2.45) is 0 Å². The van der Waals surface area contributed by atoms with Crippen LogP contribution < -0.4 is 0 Å². The third-order valence-electron chi connectivity index (χ3n) is 4.22. The van der Waals surface area contributed by atoms with E-state index in [1.807, 2.05) is 20.8 Å². The van der Waals surface area contributed by atoms with Crippen LogP contribution in [0.4, 0.5) is 4.39 Å². The summed E-state index contributed by atoms with van der Waals surface area (Å²) in [5.41, 5.74) is 0.557. The zero-order valence-electron chi connectivity index (χ0n) is 15.9. The lowest BCUT2D eigenvalue weighted by Gasteiger charge is -2.38. The van der Waals surface area contributed by atoms with E-state index in [0.29, 0.717) is 13.1 Å². The van der Waals surface area contributed by atoms with Crippen LogP contribution in [-0.2, 0) is 10.0 Å². The summed E-state index contributed by atoms with van der Waals surface area (Å²) in [7, 11) is -3.28. The summed E-state index contributed by atoms with van der Waals surface area (Å²) in [5.74, 6) is -0.252. The molecule has 4 nitrogen and oxygen atoms in total. The van der Waals surface area contributed by atoms with Crippen LogP contribution >= 0.6 is 0 Å². The molecule has 1 aromatic rings. The molecule has 0 bridgehead atoms. The fourth-order valence-corrected chi connectivity index (χ4v) is 4.45. The highest BCUT2D eigenvalue weighted by Gasteiger charge is 2.30. The molecule has 0 N–H and O–H groups in total. The molecule has 0 fully saturated rings. The second-order valence-corrected chi connectivity index (χ2v) is 9.47. The van der Waals surface area contributed by atoms with Gasteiger partial charge in [-0.1, -0.05) is 12.1 Å². The first-order valence-electron chi connectivity index (χ1n) is 8.33. The topological polar surface area (TPSA) is 40.6 Å². The van der Waals surface area contributed by atoms with Gasteiger partial charge >= 0.3 is 0 Å². The summed E-state index contributed by atoms with van der Waals surface area (Å²) in [6.45, 7) is 13.0. The molecule has 0 aromatic heterocycles. The maximum Gasteiger partial charge on any atom is 0.211 e. The highest BCUT2D eigenvalue weighted by molar-refractivity contribution is 7.88. The summed E-state index contributed by atoms with van der Waals surface area (Å²) in [6.07, 6.45) is 1.25. The van der Waals surface area contributed by atoms with Crippen LogP contribution in [0.5, 0.6) is 0 Å². The van der Waals surface area contributed by atoms with Crippen molar-refractivity contribution in [1.29, 1.82) is 0 Å². The Balaban J connectivity index is 2.95. The fraction of sp³-hybridized carbons (Fsp3) is 0.667. The van der Waals surface area contributed by atoms with E-state index in [1.54, 1.807) is 12.1 Å². The van der Waals surface area contributed by atoms with E-state index in [2.05, 4.69) is 25.7 Å². The number of rotatable bonds is 7. The Morgan fingerprint density at radius 3 is 1.92 bits per heavy atom. The first-order chi connectivity index (χ1) is 10.8. The standard InChI is InChI=1S/C18H31FN2O2S/c1-14(2)20(15(3)16-8-10-17(19)11-9-16)12-13-21(18(4,5)6)24(7,22)23/h8-11,14-15H,12-13H2,1-7H3/t15-/m1/s1. The monoisotopic (exact) mass is 358 g/mol. The van der Waals surface area contributed by atoms with Gasteiger partial charge < -0.3 is 0 Å². The smallest absolute Gasteiger partial charge is 0.211 e. The van der Waals surface area contributed by atoms with E-state index in [9.17, 15) is 12.8 Å². The summed E-state index contributed by atoms with van der Waals surface area (Å²) in [5, 5.41) is 0. The first-order valence-corrected chi connectivity index (χ1v) is 10.2. The molecule has 0 spiro atoms. The number of benzene rings is 1. The average molecular weight is 359 g/mol. The maximum atomic E-state index is 13.1. The van der Waals surface area contributed by atoms with Crippen molar-refractivity contribution in [3.05, 3.63) is 35.6 Å². The van der Waals surface area contributed by atoms with Gasteiger partial charge in [0.2, 0.25) is 10.0 Å². The lowest BCUT2D eigenvalue weighted by molar-refractivity contribution is 0.136. The second kappa shape index (κ2) is 7.93. The highest BCUT2D eigenvalue weighted by atomic mass is 32.2. The molecule has 0 radical (unpaired) electrons. The minimum absolute atomic E-state index is 0.0759. The van der Waals surface area contributed by atoms with Gasteiger partial charge in [-0.25, -0.2) is 12.8 Å². The lowest BCUT2D eigenvalue weighted by atomic mass is 10.0. The molecule has 0 unspecified atom stereocenters. The van der Waals surface area contributed by atoms with Crippen molar-refractivity contribution < 1.29 is 12.8 Å². The van der Waals surface area contributed by atoms with Gasteiger partial charge in [0, 0.05) is 30.7 Å². The predicted octanol–water partition coefficient (Wildman–Crippen LogP) is 3.66. The molecule has 1 rings (SSSR count). The van der Waals surface area contributed by atoms with E-state index in [-0.39, 0.29) is 17.9 Å². The Labute approximate surface area is 146 Å². The molecule has 0 saturated carbocycles. The predicted molar refractivity (Wildman–Crippen MR) is 98.0 cm³/mol. The zero-order chi connectivity index (χ0) is 18.7. The Kier molecular flexibility index (Phi) is 6.96. The highest BCUT2D eigenvalue weighted by Crippen LogP contribution is 2.24. The van der Waals surface area contributed by atoms with Gasteiger partial charge in [-0.15, -0.1) is 0 Å². The van der Waals surface area contributed by atoms with Crippen molar-refractivity contribution in [1.82, 2.24) is 9.21 Å². The lowest BCUT2D eigenvalue weighted by Crippen LogP contribution is -2.49. The quantitative estimate of drug-likeness (QED) is 0.747. The van der Waals surface area contributed by atoms with E-state index in [4.69, 9.17) is 0 Å². The molecule has 0 aliphatic heterocycles. The minimum Gasteiger partial charge on any atom is -0.293 e. The Hall–Kier alpha value is -0.980. The van der Waals surface area contributed by atoms with Gasteiger partial charge in [0.15, 0.2) is 0 Å². The molecule has 138 valence electrons. The first kappa shape index (κ1) is 21.1. The molecular weight excluding hydrogens is 327 g/mol. The Bertz CT molecular complexity index is 621. The van der Waals surface area contributed by atoms with Crippen LogP contribution in [0, 0.1) is 5.82 Å². The number of nitrogens with zero attached hydrogens (tertiary/aromatic N) is 2. The van der Waals surface area contributed by atoms with E-state index < -0.39 is 15.6 Å².